The van der Waals surface area contributed by atoms with E-state index in [-0.39, 0.29) is 12.1 Å². The smallest absolute Gasteiger partial charge is 0.316 e. The number of benzene rings is 2. The Kier molecular flexibility index (Phi) is 6.73. The van der Waals surface area contributed by atoms with E-state index in [4.69, 9.17) is 4.74 Å². The summed E-state index contributed by atoms with van der Waals surface area (Å²) in [6.45, 7) is 2.34. The summed E-state index contributed by atoms with van der Waals surface area (Å²) in [5, 5.41) is 5.72. The van der Waals surface area contributed by atoms with Crippen molar-refractivity contribution < 1.29 is 9.53 Å². The van der Waals surface area contributed by atoms with Gasteiger partial charge in [0.05, 0.1) is 19.7 Å². The van der Waals surface area contributed by atoms with Crippen LogP contribution in [0, 0.1) is 11.8 Å². The highest BCUT2D eigenvalue weighted by Crippen LogP contribution is 2.19. The van der Waals surface area contributed by atoms with E-state index in [0.29, 0.717) is 6.54 Å². The molecular formula is C20H22N2O2. The summed E-state index contributed by atoms with van der Waals surface area (Å²) in [5.74, 6) is 6.75. The normalized spacial score (nSPS) is 10.9. The minimum atomic E-state index is -0.222. The number of nitrogens with one attached hydrogen (secondary N) is 2. The summed E-state index contributed by atoms with van der Waals surface area (Å²) in [4.78, 5) is 12.0. The van der Waals surface area contributed by atoms with E-state index in [2.05, 4.69) is 22.5 Å². The largest absolute Gasteiger partial charge is 0.497 e. The van der Waals surface area contributed by atoms with Gasteiger partial charge in [-0.25, -0.2) is 4.79 Å². The van der Waals surface area contributed by atoms with Crippen LogP contribution in [0.3, 0.4) is 0 Å². The third-order valence-corrected chi connectivity index (χ3v) is 3.58. The van der Waals surface area contributed by atoms with Crippen LogP contribution in [0.4, 0.5) is 4.79 Å². The van der Waals surface area contributed by atoms with E-state index in [9.17, 15) is 4.79 Å². The molecule has 0 aromatic heterocycles. The van der Waals surface area contributed by atoms with Crippen molar-refractivity contribution in [3.8, 4) is 17.6 Å². The lowest BCUT2D eigenvalue weighted by molar-refractivity contribution is 0.238. The molecule has 0 aliphatic rings. The molecule has 1 atom stereocenters. The minimum absolute atomic E-state index is 0.0435. The fourth-order valence-electron chi connectivity index (χ4n) is 2.26. The zero-order valence-corrected chi connectivity index (χ0v) is 14.0. The second-order valence-corrected chi connectivity index (χ2v) is 5.23. The topological polar surface area (TPSA) is 50.4 Å². The molecule has 0 radical (unpaired) electrons. The number of carbonyl (C=O) groups excluding carboxylic acids is 1. The van der Waals surface area contributed by atoms with Gasteiger partial charge in [0.25, 0.3) is 0 Å². The molecular weight excluding hydrogens is 300 g/mol. The van der Waals surface area contributed by atoms with Crippen molar-refractivity contribution >= 4 is 6.03 Å². The Hall–Kier alpha value is -2.93. The van der Waals surface area contributed by atoms with E-state index in [1.165, 1.54) is 0 Å². The maximum atomic E-state index is 12.0. The zero-order valence-electron chi connectivity index (χ0n) is 14.0. The number of hydrogen-bond acceptors (Lipinski definition) is 2. The van der Waals surface area contributed by atoms with Crippen molar-refractivity contribution in [1.82, 2.24) is 10.6 Å². The van der Waals surface area contributed by atoms with E-state index in [0.717, 1.165) is 23.3 Å². The van der Waals surface area contributed by atoms with Gasteiger partial charge in [-0.3, -0.25) is 0 Å². The Labute approximate surface area is 143 Å². The molecule has 0 saturated heterocycles. The lowest BCUT2D eigenvalue weighted by Gasteiger charge is -2.17. The molecule has 2 aromatic rings. The molecule has 2 N–H and O–H groups in total. The van der Waals surface area contributed by atoms with Crippen LogP contribution in [0.15, 0.2) is 54.6 Å². The highest BCUT2D eigenvalue weighted by Gasteiger charge is 2.12. The van der Waals surface area contributed by atoms with Gasteiger partial charge >= 0.3 is 6.03 Å². The predicted octanol–water partition coefficient (Wildman–Crippen LogP) is 3.50. The van der Waals surface area contributed by atoms with Crippen LogP contribution in [0.2, 0.25) is 0 Å². The molecule has 0 aliphatic heterocycles. The number of rotatable bonds is 5. The summed E-state index contributed by atoms with van der Waals surface area (Å²) < 4.78 is 5.15. The third-order valence-electron chi connectivity index (χ3n) is 3.58. The van der Waals surface area contributed by atoms with Gasteiger partial charge in [-0.15, -0.1) is 0 Å². The zero-order chi connectivity index (χ0) is 17.2. The molecule has 2 amide bonds. The molecule has 0 spiro atoms. The first-order valence-corrected chi connectivity index (χ1v) is 7.95. The van der Waals surface area contributed by atoms with Gasteiger partial charge < -0.3 is 15.4 Å². The number of hydrogen-bond donors (Lipinski definition) is 2. The van der Waals surface area contributed by atoms with Gasteiger partial charge in [-0.1, -0.05) is 49.1 Å². The van der Waals surface area contributed by atoms with E-state index in [1.54, 1.807) is 7.11 Å². The van der Waals surface area contributed by atoms with Crippen molar-refractivity contribution in [1.29, 1.82) is 0 Å². The van der Waals surface area contributed by atoms with Gasteiger partial charge in [-0.05, 0) is 36.2 Å². The summed E-state index contributed by atoms with van der Waals surface area (Å²) in [6, 6.07) is 17.1. The average Bonchev–Trinajstić information content (AvgIpc) is 2.64. The number of methoxy groups -OCH3 is 1. The number of urea groups is 1. The molecule has 0 heterocycles. The first kappa shape index (κ1) is 17.4. The molecule has 4 heteroatoms. The molecule has 1 unspecified atom stereocenters. The van der Waals surface area contributed by atoms with Crippen LogP contribution >= 0.6 is 0 Å². The second-order valence-electron chi connectivity index (χ2n) is 5.23. The monoisotopic (exact) mass is 322 g/mol. The molecule has 0 fully saturated rings. The molecule has 2 rings (SSSR count). The van der Waals surface area contributed by atoms with Crippen molar-refractivity contribution in [3.05, 3.63) is 65.7 Å². The first-order valence-electron chi connectivity index (χ1n) is 7.95. The van der Waals surface area contributed by atoms with Gasteiger partial charge in [-0.2, -0.15) is 0 Å². The number of amides is 2. The highest BCUT2D eigenvalue weighted by atomic mass is 16.5. The Morgan fingerprint density at radius 3 is 2.46 bits per heavy atom. The summed E-state index contributed by atoms with van der Waals surface area (Å²) in [6.07, 6.45) is 0.801. The Morgan fingerprint density at radius 1 is 1.12 bits per heavy atom. The van der Waals surface area contributed by atoms with Gasteiger partial charge in [0.15, 0.2) is 0 Å². The maximum Gasteiger partial charge on any atom is 0.316 e. The van der Waals surface area contributed by atoms with E-state index < -0.39 is 0 Å². The van der Waals surface area contributed by atoms with Crippen LogP contribution in [0.1, 0.15) is 30.5 Å². The van der Waals surface area contributed by atoms with Crippen molar-refractivity contribution in [2.45, 2.75) is 19.4 Å². The average molecular weight is 322 g/mol. The van der Waals surface area contributed by atoms with Crippen molar-refractivity contribution in [3.63, 3.8) is 0 Å². The fraction of sp³-hybridized carbons (Fsp3) is 0.250. The van der Waals surface area contributed by atoms with Crippen LogP contribution < -0.4 is 15.4 Å². The molecule has 24 heavy (non-hydrogen) atoms. The minimum Gasteiger partial charge on any atom is -0.497 e. The molecule has 0 aliphatic carbocycles. The highest BCUT2D eigenvalue weighted by molar-refractivity contribution is 5.74. The van der Waals surface area contributed by atoms with Gasteiger partial charge in [0.1, 0.15) is 5.75 Å². The Bertz CT molecular complexity index is 700. The van der Waals surface area contributed by atoms with Crippen LogP contribution in [0.25, 0.3) is 0 Å². The van der Waals surface area contributed by atoms with Crippen LogP contribution in [-0.4, -0.2) is 19.7 Å². The Balaban J connectivity index is 1.84. The molecule has 124 valence electrons. The third kappa shape index (κ3) is 5.36. The molecule has 0 bridgehead atoms. The Morgan fingerprint density at radius 2 is 1.83 bits per heavy atom. The van der Waals surface area contributed by atoms with Crippen molar-refractivity contribution in [2.24, 2.45) is 0 Å². The SMILES string of the molecule is CCC(NC(=O)NCC#Cc1ccccc1)c1ccc(OC)cc1. The molecule has 4 nitrogen and oxygen atoms in total. The molecule has 0 saturated carbocycles. The predicted molar refractivity (Wildman–Crippen MR) is 95.9 cm³/mol. The van der Waals surface area contributed by atoms with Crippen LogP contribution in [-0.2, 0) is 0 Å². The first-order chi connectivity index (χ1) is 11.7. The van der Waals surface area contributed by atoms with E-state index in [1.807, 2.05) is 61.5 Å². The standard InChI is InChI=1S/C20H22N2O2/c1-3-19(17-11-13-18(24-2)14-12-17)22-20(23)21-15-7-10-16-8-5-4-6-9-16/h4-6,8-9,11-14,19H,3,15H2,1-2H3,(H2,21,22,23). The fourth-order valence-corrected chi connectivity index (χ4v) is 2.26. The number of ether oxygens (including phenoxy) is 1. The summed E-state index contributed by atoms with van der Waals surface area (Å²) in [7, 11) is 1.63. The molecule has 2 aromatic carbocycles. The summed E-state index contributed by atoms with van der Waals surface area (Å²) in [5.41, 5.74) is 1.98. The lowest BCUT2D eigenvalue weighted by atomic mass is 10.0. The van der Waals surface area contributed by atoms with E-state index >= 15 is 0 Å². The maximum absolute atomic E-state index is 12.0. The second kappa shape index (κ2) is 9.26. The van der Waals surface area contributed by atoms with Gasteiger partial charge in [0.2, 0.25) is 0 Å². The number of carbonyl (C=O) groups is 1. The summed E-state index contributed by atoms with van der Waals surface area (Å²) >= 11 is 0. The van der Waals surface area contributed by atoms with Crippen LogP contribution in [0.5, 0.6) is 5.75 Å². The van der Waals surface area contributed by atoms with Gasteiger partial charge in [0, 0.05) is 5.56 Å². The quantitative estimate of drug-likeness (QED) is 0.828. The van der Waals surface area contributed by atoms with Crippen molar-refractivity contribution in [2.75, 3.05) is 13.7 Å². The lowest BCUT2D eigenvalue weighted by Crippen LogP contribution is -2.37.